The molecule has 0 bridgehead atoms. The Kier molecular flexibility index (Phi) is 5.78. The van der Waals surface area contributed by atoms with Crippen LogP contribution in [0, 0.1) is 0 Å². The Hall–Kier alpha value is -3.02. The standard InChI is InChI=1S/C18H18O6/c1-21-12-7-6-8-13(11-12)24-15-10-5-4-9-14(15)16(17(19)22-2)18(20)23-3/h4-11,16H,1-3H3. The molecule has 0 N–H and O–H groups in total. The molecule has 0 aromatic heterocycles. The maximum atomic E-state index is 12.0. The lowest BCUT2D eigenvalue weighted by atomic mass is 9.98. The summed E-state index contributed by atoms with van der Waals surface area (Å²) in [6.45, 7) is 0. The van der Waals surface area contributed by atoms with Crippen molar-refractivity contribution in [2.75, 3.05) is 21.3 Å². The van der Waals surface area contributed by atoms with Gasteiger partial charge in [0.2, 0.25) is 0 Å². The van der Waals surface area contributed by atoms with Crippen molar-refractivity contribution in [2.24, 2.45) is 0 Å². The van der Waals surface area contributed by atoms with Gasteiger partial charge >= 0.3 is 11.9 Å². The Morgan fingerprint density at radius 2 is 1.46 bits per heavy atom. The summed E-state index contributed by atoms with van der Waals surface area (Å²) in [5.74, 6) is -1.17. The normalized spacial score (nSPS) is 10.2. The van der Waals surface area contributed by atoms with Crippen LogP contribution in [0.4, 0.5) is 0 Å². The van der Waals surface area contributed by atoms with E-state index in [4.69, 9.17) is 18.9 Å². The highest BCUT2D eigenvalue weighted by atomic mass is 16.5. The summed E-state index contributed by atoms with van der Waals surface area (Å²) >= 11 is 0. The fraction of sp³-hybridized carbons (Fsp3) is 0.222. The number of ether oxygens (including phenoxy) is 4. The van der Waals surface area contributed by atoms with Gasteiger partial charge in [0.1, 0.15) is 17.2 Å². The van der Waals surface area contributed by atoms with Crippen LogP contribution in [0.25, 0.3) is 0 Å². The van der Waals surface area contributed by atoms with Gasteiger partial charge in [-0.1, -0.05) is 24.3 Å². The zero-order valence-electron chi connectivity index (χ0n) is 13.6. The molecule has 0 radical (unpaired) electrons. The fourth-order valence-corrected chi connectivity index (χ4v) is 2.19. The third-order valence-corrected chi connectivity index (χ3v) is 3.37. The average molecular weight is 330 g/mol. The second-order valence-electron chi connectivity index (χ2n) is 4.80. The van der Waals surface area contributed by atoms with Gasteiger partial charge in [-0.15, -0.1) is 0 Å². The van der Waals surface area contributed by atoms with Gasteiger partial charge < -0.3 is 18.9 Å². The SMILES string of the molecule is COC(=O)C(C(=O)OC)c1ccccc1Oc1cccc(OC)c1. The van der Waals surface area contributed by atoms with E-state index in [1.807, 2.05) is 0 Å². The van der Waals surface area contributed by atoms with Crippen molar-refractivity contribution in [3.63, 3.8) is 0 Å². The molecule has 0 aliphatic rings. The number of hydrogen-bond donors (Lipinski definition) is 0. The Balaban J connectivity index is 2.41. The number of hydrogen-bond acceptors (Lipinski definition) is 6. The molecule has 2 aromatic rings. The molecule has 2 rings (SSSR count). The fourth-order valence-electron chi connectivity index (χ4n) is 2.19. The molecule has 6 heteroatoms. The maximum Gasteiger partial charge on any atom is 0.324 e. The smallest absolute Gasteiger partial charge is 0.324 e. The Morgan fingerprint density at radius 1 is 0.833 bits per heavy atom. The van der Waals surface area contributed by atoms with Crippen LogP contribution in [0.2, 0.25) is 0 Å². The molecular formula is C18H18O6. The van der Waals surface area contributed by atoms with Gasteiger partial charge in [-0.2, -0.15) is 0 Å². The largest absolute Gasteiger partial charge is 0.497 e. The van der Waals surface area contributed by atoms with Crippen LogP contribution in [0.15, 0.2) is 48.5 Å². The van der Waals surface area contributed by atoms with Gasteiger partial charge in [0.25, 0.3) is 0 Å². The minimum atomic E-state index is -1.22. The first-order valence-corrected chi connectivity index (χ1v) is 7.17. The van der Waals surface area contributed by atoms with Crippen molar-refractivity contribution in [1.29, 1.82) is 0 Å². The summed E-state index contributed by atoms with van der Waals surface area (Å²) in [4.78, 5) is 24.0. The van der Waals surface area contributed by atoms with E-state index in [2.05, 4.69) is 0 Å². The average Bonchev–Trinajstić information content (AvgIpc) is 2.63. The van der Waals surface area contributed by atoms with Crippen LogP contribution < -0.4 is 9.47 Å². The molecule has 0 atom stereocenters. The number of carbonyl (C=O) groups is 2. The number of carbonyl (C=O) groups excluding carboxylic acids is 2. The third kappa shape index (κ3) is 3.84. The molecule has 0 spiro atoms. The Bertz CT molecular complexity index is 709. The molecule has 126 valence electrons. The van der Waals surface area contributed by atoms with Crippen LogP contribution in [-0.2, 0) is 19.1 Å². The summed E-state index contributed by atoms with van der Waals surface area (Å²) in [5, 5.41) is 0. The van der Waals surface area contributed by atoms with Gasteiger partial charge in [-0.25, -0.2) is 0 Å². The minimum absolute atomic E-state index is 0.353. The molecule has 0 heterocycles. The molecular weight excluding hydrogens is 312 g/mol. The Labute approximate surface area is 139 Å². The predicted molar refractivity (Wildman–Crippen MR) is 86.3 cm³/mol. The van der Waals surface area contributed by atoms with Gasteiger partial charge in [-0.3, -0.25) is 9.59 Å². The maximum absolute atomic E-state index is 12.0. The van der Waals surface area contributed by atoms with Crippen LogP contribution >= 0.6 is 0 Å². The molecule has 0 amide bonds. The van der Waals surface area contributed by atoms with Crippen molar-refractivity contribution in [1.82, 2.24) is 0 Å². The molecule has 0 aliphatic carbocycles. The van der Waals surface area contributed by atoms with E-state index >= 15 is 0 Å². The highest BCUT2D eigenvalue weighted by Gasteiger charge is 2.33. The third-order valence-electron chi connectivity index (χ3n) is 3.37. The van der Waals surface area contributed by atoms with Gasteiger partial charge in [0.15, 0.2) is 5.92 Å². The van der Waals surface area contributed by atoms with E-state index in [9.17, 15) is 9.59 Å². The van der Waals surface area contributed by atoms with E-state index in [1.54, 1.807) is 55.6 Å². The van der Waals surface area contributed by atoms with Crippen molar-refractivity contribution in [3.05, 3.63) is 54.1 Å². The highest BCUT2D eigenvalue weighted by Crippen LogP contribution is 2.33. The summed E-state index contributed by atoms with van der Waals surface area (Å²) in [7, 11) is 3.98. The monoisotopic (exact) mass is 330 g/mol. The number of methoxy groups -OCH3 is 3. The molecule has 0 saturated carbocycles. The number of rotatable bonds is 6. The van der Waals surface area contributed by atoms with Crippen LogP contribution in [0.5, 0.6) is 17.2 Å². The predicted octanol–water partition coefficient (Wildman–Crippen LogP) is 2.92. The lowest BCUT2D eigenvalue weighted by molar-refractivity contribution is -0.154. The number of esters is 2. The van der Waals surface area contributed by atoms with E-state index in [0.29, 0.717) is 22.8 Å². The van der Waals surface area contributed by atoms with E-state index in [0.717, 1.165) is 0 Å². The topological polar surface area (TPSA) is 71.1 Å². The first-order valence-electron chi connectivity index (χ1n) is 7.17. The molecule has 0 unspecified atom stereocenters. The molecule has 2 aromatic carbocycles. The lowest BCUT2D eigenvalue weighted by Crippen LogP contribution is -2.24. The summed E-state index contributed by atoms with van der Waals surface area (Å²) in [6.07, 6.45) is 0. The molecule has 6 nitrogen and oxygen atoms in total. The summed E-state index contributed by atoms with van der Waals surface area (Å²) in [6, 6.07) is 13.7. The van der Waals surface area contributed by atoms with Crippen molar-refractivity contribution in [2.45, 2.75) is 5.92 Å². The van der Waals surface area contributed by atoms with Gasteiger partial charge in [0.05, 0.1) is 21.3 Å². The van der Waals surface area contributed by atoms with E-state index < -0.39 is 17.9 Å². The first-order chi connectivity index (χ1) is 11.6. The van der Waals surface area contributed by atoms with Crippen LogP contribution in [0.1, 0.15) is 11.5 Å². The van der Waals surface area contributed by atoms with E-state index in [1.165, 1.54) is 14.2 Å². The number of benzene rings is 2. The van der Waals surface area contributed by atoms with Crippen LogP contribution in [0.3, 0.4) is 0 Å². The van der Waals surface area contributed by atoms with Crippen molar-refractivity contribution < 1.29 is 28.5 Å². The van der Waals surface area contributed by atoms with Crippen molar-refractivity contribution in [3.8, 4) is 17.2 Å². The lowest BCUT2D eigenvalue weighted by Gasteiger charge is -2.17. The van der Waals surface area contributed by atoms with Gasteiger partial charge in [0, 0.05) is 11.6 Å². The minimum Gasteiger partial charge on any atom is -0.497 e. The molecule has 0 fully saturated rings. The highest BCUT2D eigenvalue weighted by molar-refractivity contribution is 6.01. The second-order valence-corrected chi connectivity index (χ2v) is 4.80. The summed E-state index contributed by atoms with van der Waals surface area (Å²) in [5.41, 5.74) is 0.360. The van der Waals surface area contributed by atoms with Crippen molar-refractivity contribution >= 4 is 11.9 Å². The quantitative estimate of drug-likeness (QED) is 0.599. The molecule has 0 saturated heterocycles. The zero-order valence-corrected chi connectivity index (χ0v) is 13.6. The number of para-hydroxylation sites is 1. The zero-order chi connectivity index (χ0) is 17.5. The van der Waals surface area contributed by atoms with E-state index in [-0.39, 0.29) is 0 Å². The van der Waals surface area contributed by atoms with Gasteiger partial charge in [-0.05, 0) is 18.2 Å². The molecule has 24 heavy (non-hydrogen) atoms. The van der Waals surface area contributed by atoms with Crippen LogP contribution in [-0.4, -0.2) is 33.3 Å². The second kappa shape index (κ2) is 8.01. The Morgan fingerprint density at radius 3 is 2.08 bits per heavy atom. The molecule has 0 aliphatic heterocycles. The first kappa shape index (κ1) is 17.3. The summed E-state index contributed by atoms with van der Waals surface area (Å²) < 4.78 is 20.4.